The Balaban J connectivity index is 2.18. The molecule has 5 nitrogen and oxygen atoms in total. The Bertz CT molecular complexity index is 596. The van der Waals surface area contributed by atoms with Gasteiger partial charge in [-0.25, -0.2) is 8.42 Å². The Morgan fingerprint density at radius 2 is 2.00 bits per heavy atom. The van der Waals surface area contributed by atoms with Crippen molar-refractivity contribution in [1.29, 1.82) is 0 Å². The molecule has 0 bridgehead atoms. The highest BCUT2D eigenvalue weighted by Crippen LogP contribution is 2.24. The lowest BCUT2D eigenvalue weighted by Gasteiger charge is -2.30. The van der Waals surface area contributed by atoms with Gasteiger partial charge in [0.2, 0.25) is 15.9 Å². The van der Waals surface area contributed by atoms with Gasteiger partial charge in [0.1, 0.15) is 0 Å². The van der Waals surface area contributed by atoms with Crippen molar-refractivity contribution in [3.05, 3.63) is 29.8 Å². The molecular formula is C15H22N2O3S. The van der Waals surface area contributed by atoms with Crippen LogP contribution in [0.2, 0.25) is 0 Å². The smallest absolute Gasteiger partial charge is 0.243 e. The van der Waals surface area contributed by atoms with Crippen molar-refractivity contribution < 1.29 is 13.2 Å². The van der Waals surface area contributed by atoms with Gasteiger partial charge < -0.3 is 5.73 Å². The quantitative estimate of drug-likeness (QED) is 0.895. The molecule has 1 amide bonds. The van der Waals surface area contributed by atoms with E-state index in [-0.39, 0.29) is 17.4 Å². The van der Waals surface area contributed by atoms with Gasteiger partial charge in [0.15, 0.2) is 0 Å². The van der Waals surface area contributed by atoms with E-state index in [9.17, 15) is 13.2 Å². The molecule has 0 spiro atoms. The van der Waals surface area contributed by atoms with Crippen molar-refractivity contribution in [1.82, 2.24) is 4.31 Å². The molecule has 2 rings (SSSR count). The van der Waals surface area contributed by atoms with Crippen molar-refractivity contribution in [2.75, 3.05) is 13.1 Å². The maximum atomic E-state index is 12.6. The Morgan fingerprint density at radius 1 is 1.33 bits per heavy atom. The second-order valence-electron chi connectivity index (χ2n) is 5.50. The summed E-state index contributed by atoms with van der Waals surface area (Å²) in [7, 11) is -3.53. The van der Waals surface area contributed by atoms with Gasteiger partial charge in [-0.3, -0.25) is 4.79 Å². The number of piperidine rings is 1. The number of nitrogens with zero attached hydrogens (tertiary/aromatic N) is 1. The molecule has 116 valence electrons. The second kappa shape index (κ2) is 6.58. The molecule has 1 heterocycles. The van der Waals surface area contributed by atoms with E-state index in [4.69, 9.17) is 5.73 Å². The minimum absolute atomic E-state index is 0.189. The zero-order valence-electron chi connectivity index (χ0n) is 12.3. The molecule has 1 aliphatic rings. The molecule has 0 radical (unpaired) electrons. The largest absolute Gasteiger partial charge is 0.369 e. The molecule has 0 saturated carbocycles. The predicted molar refractivity (Wildman–Crippen MR) is 81.1 cm³/mol. The number of carbonyl (C=O) groups is 1. The van der Waals surface area contributed by atoms with Crippen LogP contribution in [0.15, 0.2) is 29.2 Å². The van der Waals surface area contributed by atoms with Crippen molar-refractivity contribution >= 4 is 15.9 Å². The first kappa shape index (κ1) is 16.0. The van der Waals surface area contributed by atoms with Gasteiger partial charge in [0.25, 0.3) is 0 Å². The number of primary amides is 1. The third-order valence-corrected chi connectivity index (χ3v) is 5.77. The summed E-state index contributed by atoms with van der Waals surface area (Å²) in [4.78, 5) is 11.6. The molecule has 1 saturated heterocycles. The average Bonchev–Trinajstić information content (AvgIpc) is 2.48. The molecule has 1 atom stereocenters. The first-order chi connectivity index (χ1) is 9.95. The van der Waals surface area contributed by atoms with Gasteiger partial charge in [-0.1, -0.05) is 25.5 Å². The van der Waals surface area contributed by atoms with E-state index in [2.05, 4.69) is 6.92 Å². The number of benzene rings is 1. The van der Waals surface area contributed by atoms with Crippen LogP contribution in [0, 0.1) is 5.92 Å². The van der Waals surface area contributed by atoms with Crippen LogP contribution in [0.1, 0.15) is 31.7 Å². The normalized spacial score (nSPS) is 20.3. The van der Waals surface area contributed by atoms with Gasteiger partial charge in [0, 0.05) is 13.1 Å². The number of hydrogen-bond acceptors (Lipinski definition) is 3. The minimum Gasteiger partial charge on any atom is -0.369 e. The second-order valence-corrected chi connectivity index (χ2v) is 7.44. The molecule has 1 aromatic carbocycles. The Morgan fingerprint density at radius 3 is 2.57 bits per heavy atom. The Kier molecular flexibility index (Phi) is 5.00. The fourth-order valence-electron chi connectivity index (χ4n) is 2.66. The van der Waals surface area contributed by atoms with Gasteiger partial charge in [-0.15, -0.1) is 0 Å². The van der Waals surface area contributed by atoms with Gasteiger partial charge in [-0.05, 0) is 37.0 Å². The maximum absolute atomic E-state index is 12.6. The lowest BCUT2D eigenvalue weighted by molar-refractivity contribution is -0.122. The van der Waals surface area contributed by atoms with E-state index in [0.29, 0.717) is 19.4 Å². The van der Waals surface area contributed by atoms with E-state index in [1.54, 1.807) is 12.1 Å². The number of carbonyl (C=O) groups excluding carboxylic acids is 1. The van der Waals surface area contributed by atoms with E-state index >= 15 is 0 Å². The van der Waals surface area contributed by atoms with Crippen LogP contribution in [0.25, 0.3) is 0 Å². The average molecular weight is 310 g/mol. The summed E-state index contributed by atoms with van der Waals surface area (Å²) in [5.74, 6) is -0.805. The Hall–Kier alpha value is -1.40. The number of hydrogen-bond donors (Lipinski definition) is 1. The van der Waals surface area contributed by atoms with Crippen LogP contribution in [0.5, 0.6) is 0 Å². The molecule has 21 heavy (non-hydrogen) atoms. The lowest BCUT2D eigenvalue weighted by atomic mass is 9.99. The topological polar surface area (TPSA) is 80.5 Å². The van der Waals surface area contributed by atoms with E-state index in [1.807, 2.05) is 12.1 Å². The molecule has 0 aromatic heterocycles. The molecule has 2 N–H and O–H groups in total. The summed E-state index contributed by atoms with van der Waals surface area (Å²) >= 11 is 0. The zero-order valence-corrected chi connectivity index (χ0v) is 13.1. The number of nitrogens with two attached hydrogens (primary N) is 1. The van der Waals surface area contributed by atoms with Crippen LogP contribution >= 0.6 is 0 Å². The fourth-order valence-corrected chi connectivity index (χ4v) is 4.18. The molecule has 1 fully saturated rings. The highest BCUT2D eigenvalue weighted by molar-refractivity contribution is 7.89. The molecule has 1 unspecified atom stereocenters. The summed E-state index contributed by atoms with van der Waals surface area (Å²) in [5.41, 5.74) is 6.43. The first-order valence-electron chi connectivity index (χ1n) is 7.33. The minimum atomic E-state index is -3.53. The van der Waals surface area contributed by atoms with Crippen molar-refractivity contribution in [3.63, 3.8) is 0 Å². The molecular weight excluding hydrogens is 288 g/mol. The van der Waals surface area contributed by atoms with Crippen molar-refractivity contribution in [2.45, 2.75) is 37.5 Å². The van der Waals surface area contributed by atoms with Crippen LogP contribution in [-0.4, -0.2) is 31.7 Å². The number of aryl methyl sites for hydroxylation is 1. The maximum Gasteiger partial charge on any atom is 0.243 e. The summed E-state index contributed by atoms with van der Waals surface area (Å²) in [6, 6.07) is 7.00. The molecule has 0 aliphatic carbocycles. The SMILES string of the molecule is CCCc1ccc(S(=O)(=O)N2CCCC(C(N)=O)C2)cc1. The third-order valence-electron chi connectivity index (χ3n) is 3.89. The zero-order chi connectivity index (χ0) is 15.5. The van der Waals surface area contributed by atoms with Crippen molar-refractivity contribution in [3.8, 4) is 0 Å². The van der Waals surface area contributed by atoms with Crippen molar-refractivity contribution in [2.24, 2.45) is 11.7 Å². The summed E-state index contributed by atoms with van der Waals surface area (Å²) < 4.78 is 26.6. The Labute approximate surface area is 126 Å². The van der Waals surface area contributed by atoms with Crippen LogP contribution in [-0.2, 0) is 21.2 Å². The van der Waals surface area contributed by atoms with Gasteiger partial charge >= 0.3 is 0 Å². The number of sulfonamides is 1. The molecule has 6 heteroatoms. The number of rotatable bonds is 5. The lowest BCUT2D eigenvalue weighted by Crippen LogP contribution is -2.44. The van der Waals surface area contributed by atoms with Crippen LogP contribution < -0.4 is 5.73 Å². The summed E-state index contributed by atoms with van der Waals surface area (Å²) in [5, 5.41) is 0. The van der Waals surface area contributed by atoms with E-state index < -0.39 is 15.9 Å². The van der Waals surface area contributed by atoms with Crippen LogP contribution in [0.4, 0.5) is 0 Å². The summed E-state index contributed by atoms with van der Waals surface area (Å²) in [6.07, 6.45) is 3.30. The van der Waals surface area contributed by atoms with E-state index in [0.717, 1.165) is 18.4 Å². The molecule has 1 aliphatic heterocycles. The van der Waals surface area contributed by atoms with E-state index in [1.165, 1.54) is 4.31 Å². The fraction of sp³-hybridized carbons (Fsp3) is 0.533. The third kappa shape index (κ3) is 3.63. The van der Waals surface area contributed by atoms with Gasteiger partial charge in [0.05, 0.1) is 10.8 Å². The first-order valence-corrected chi connectivity index (χ1v) is 8.77. The predicted octanol–water partition coefficient (Wildman–Crippen LogP) is 1.53. The standard InChI is InChI=1S/C15H22N2O3S/c1-2-4-12-6-8-14(9-7-12)21(19,20)17-10-3-5-13(11-17)15(16)18/h6-9,13H,2-5,10-11H2,1H3,(H2,16,18). The molecule has 1 aromatic rings. The monoisotopic (exact) mass is 310 g/mol. The van der Waals surface area contributed by atoms with Gasteiger partial charge in [-0.2, -0.15) is 4.31 Å². The summed E-state index contributed by atoms with van der Waals surface area (Å²) in [6.45, 7) is 2.72. The highest BCUT2D eigenvalue weighted by Gasteiger charge is 2.32. The van der Waals surface area contributed by atoms with Crippen LogP contribution in [0.3, 0.4) is 0 Å². The highest BCUT2D eigenvalue weighted by atomic mass is 32.2. The number of amides is 1.